The van der Waals surface area contributed by atoms with Crippen LogP contribution in [0.2, 0.25) is 0 Å². The smallest absolute Gasteiger partial charge is 0.275 e. The fourth-order valence-electron chi connectivity index (χ4n) is 3.71. The van der Waals surface area contributed by atoms with E-state index >= 15 is 0 Å². The van der Waals surface area contributed by atoms with Crippen molar-refractivity contribution < 1.29 is 4.79 Å². The molecule has 6 heteroatoms. The number of aromatic nitrogens is 3. The normalized spacial score (nSPS) is 20.8. The minimum absolute atomic E-state index is 0.00487. The quantitative estimate of drug-likeness (QED) is 0.815. The summed E-state index contributed by atoms with van der Waals surface area (Å²) in [6, 6.07) is 8.97. The number of amides is 1. The lowest BCUT2D eigenvalue weighted by atomic mass is 9.81. The number of hydrogen-bond donors (Lipinski definition) is 2. The van der Waals surface area contributed by atoms with E-state index in [1.807, 2.05) is 37.3 Å². The molecule has 144 valence electrons. The molecule has 3 rings (SSSR count). The highest BCUT2D eigenvalue weighted by atomic mass is 16.2. The summed E-state index contributed by atoms with van der Waals surface area (Å²) >= 11 is 0. The van der Waals surface area contributed by atoms with Crippen LogP contribution in [0.15, 0.2) is 35.1 Å². The first-order valence-electron chi connectivity index (χ1n) is 9.88. The van der Waals surface area contributed by atoms with Crippen molar-refractivity contribution >= 4 is 5.91 Å². The zero-order valence-corrected chi connectivity index (χ0v) is 16.1. The summed E-state index contributed by atoms with van der Waals surface area (Å²) in [5, 5.41) is 11.3. The Morgan fingerprint density at radius 3 is 2.52 bits per heavy atom. The first kappa shape index (κ1) is 19.3. The van der Waals surface area contributed by atoms with E-state index < -0.39 is 6.04 Å². The molecule has 1 heterocycles. The summed E-state index contributed by atoms with van der Waals surface area (Å²) < 4.78 is 0. The first-order valence-corrected chi connectivity index (χ1v) is 9.88. The predicted molar refractivity (Wildman–Crippen MR) is 105 cm³/mol. The molecule has 6 nitrogen and oxygen atoms in total. The Bertz CT molecular complexity index is 810. The van der Waals surface area contributed by atoms with Crippen molar-refractivity contribution in [2.75, 3.05) is 0 Å². The maximum absolute atomic E-state index is 12.5. The zero-order valence-electron chi connectivity index (χ0n) is 16.1. The highest BCUT2D eigenvalue weighted by molar-refractivity contribution is 5.76. The molecule has 0 bridgehead atoms. The van der Waals surface area contributed by atoms with Crippen LogP contribution < -0.4 is 10.9 Å². The molecule has 0 aliphatic heterocycles. The standard InChI is InChI=1S/C21H28N4O2/c1-3-17(22-18(26)13-15-11-9-14(2)10-12-15)19-21(27)23-20(25-24-19)16-7-5-4-6-8-16/h4-8,14-15,17H,3,9-13H2,1-2H3,(H,22,26)(H,23,25,27). The van der Waals surface area contributed by atoms with Crippen molar-refractivity contribution in [2.45, 2.75) is 58.4 Å². The second kappa shape index (κ2) is 8.93. The summed E-state index contributed by atoms with van der Waals surface area (Å²) in [4.78, 5) is 27.8. The van der Waals surface area contributed by atoms with Crippen molar-refractivity contribution in [3.63, 3.8) is 0 Å². The number of benzene rings is 1. The molecule has 1 atom stereocenters. The van der Waals surface area contributed by atoms with Crippen molar-refractivity contribution in [1.82, 2.24) is 20.5 Å². The Labute approximate surface area is 159 Å². The van der Waals surface area contributed by atoms with Crippen molar-refractivity contribution in [3.8, 4) is 11.4 Å². The molecular weight excluding hydrogens is 340 g/mol. The number of carbonyl (C=O) groups excluding carboxylic acids is 1. The van der Waals surface area contributed by atoms with Crippen LogP contribution >= 0.6 is 0 Å². The predicted octanol–water partition coefficient (Wildman–Crippen LogP) is 3.62. The Hall–Kier alpha value is -2.50. The van der Waals surface area contributed by atoms with Crippen LogP contribution in [-0.4, -0.2) is 21.1 Å². The van der Waals surface area contributed by atoms with E-state index in [1.165, 1.54) is 12.8 Å². The molecule has 1 aromatic carbocycles. The number of H-pyrrole nitrogens is 1. The van der Waals surface area contributed by atoms with Gasteiger partial charge in [-0.1, -0.05) is 57.0 Å². The lowest BCUT2D eigenvalue weighted by Crippen LogP contribution is -2.34. The summed E-state index contributed by atoms with van der Waals surface area (Å²) in [5.74, 6) is 1.64. The third kappa shape index (κ3) is 5.02. The molecule has 27 heavy (non-hydrogen) atoms. The molecule has 1 amide bonds. The van der Waals surface area contributed by atoms with Gasteiger partial charge in [0.15, 0.2) is 11.5 Å². The molecule has 2 N–H and O–H groups in total. The van der Waals surface area contributed by atoms with Gasteiger partial charge in [-0.05, 0) is 31.1 Å². The van der Waals surface area contributed by atoms with Crippen LogP contribution in [0.25, 0.3) is 11.4 Å². The SMILES string of the molecule is CCC(NC(=O)CC1CCC(C)CC1)c1nnc(-c2ccccc2)[nH]c1=O. The largest absolute Gasteiger partial charge is 0.347 e. The molecule has 0 spiro atoms. The number of nitrogens with one attached hydrogen (secondary N) is 2. The summed E-state index contributed by atoms with van der Waals surface area (Å²) in [6.45, 7) is 4.20. The fraction of sp³-hybridized carbons (Fsp3) is 0.524. The van der Waals surface area contributed by atoms with E-state index in [0.717, 1.165) is 24.3 Å². The number of rotatable bonds is 6. The third-order valence-electron chi connectivity index (χ3n) is 5.45. The van der Waals surface area contributed by atoms with Gasteiger partial charge in [0.05, 0.1) is 6.04 Å². The van der Waals surface area contributed by atoms with Crippen molar-refractivity contribution in [1.29, 1.82) is 0 Å². The second-order valence-electron chi connectivity index (χ2n) is 7.61. The molecule has 0 radical (unpaired) electrons. The van der Waals surface area contributed by atoms with Gasteiger partial charge in [-0.3, -0.25) is 9.59 Å². The summed E-state index contributed by atoms with van der Waals surface area (Å²) in [6.07, 6.45) is 5.73. The van der Waals surface area contributed by atoms with Gasteiger partial charge >= 0.3 is 0 Å². The molecule has 1 saturated carbocycles. The third-order valence-corrected chi connectivity index (χ3v) is 5.45. The van der Waals surface area contributed by atoms with Crippen LogP contribution in [0, 0.1) is 11.8 Å². The molecule has 1 aromatic heterocycles. The zero-order chi connectivity index (χ0) is 19.2. The van der Waals surface area contributed by atoms with Crippen molar-refractivity contribution in [2.24, 2.45) is 11.8 Å². The van der Waals surface area contributed by atoms with Crippen LogP contribution in [0.3, 0.4) is 0 Å². The fourth-order valence-corrected chi connectivity index (χ4v) is 3.71. The maximum Gasteiger partial charge on any atom is 0.275 e. The first-order chi connectivity index (χ1) is 13.1. The Balaban J connectivity index is 1.66. The molecule has 2 aromatic rings. The van der Waals surface area contributed by atoms with E-state index in [1.54, 1.807) is 0 Å². The molecule has 0 saturated heterocycles. The average Bonchev–Trinajstić information content (AvgIpc) is 2.69. The van der Waals surface area contributed by atoms with Gasteiger partial charge in [0.25, 0.3) is 5.56 Å². The molecule has 1 fully saturated rings. The highest BCUT2D eigenvalue weighted by Gasteiger charge is 2.23. The van der Waals surface area contributed by atoms with E-state index in [0.29, 0.717) is 24.6 Å². The van der Waals surface area contributed by atoms with Gasteiger partial charge in [0.1, 0.15) is 0 Å². The van der Waals surface area contributed by atoms with Crippen LogP contribution in [0.1, 0.15) is 64.1 Å². The van der Waals surface area contributed by atoms with E-state index in [9.17, 15) is 9.59 Å². The average molecular weight is 368 g/mol. The summed E-state index contributed by atoms with van der Waals surface area (Å²) in [7, 11) is 0. The van der Waals surface area contributed by atoms with Crippen LogP contribution in [0.5, 0.6) is 0 Å². The monoisotopic (exact) mass is 368 g/mol. The van der Waals surface area contributed by atoms with Crippen molar-refractivity contribution in [3.05, 3.63) is 46.4 Å². The van der Waals surface area contributed by atoms with Gasteiger partial charge < -0.3 is 10.3 Å². The lowest BCUT2D eigenvalue weighted by molar-refractivity contribution is -0.123. The van der Waals surface area contributed by atoms with E-state index in [-0.39, 0.29) is 17.2 Å². The van der Waals surface area contributed by atoms with Gasteiger partial charge in [-0.15, -0.1) is 10.2 Å². The lowest BCUT2D eigenvalue weighted by Gasteiger charge is -2.26. The van der Waals surface area contributed by atoms with Gasteiger partial charge in [0, 0.05) is 12.0 Å². The Kier molecular flexibility index (Phi) is 6.37. The maximum atomic E-state index is 12.5. The number of nitrogens with zero attached hydrogens (tertiary/aromatic N) is 2. The van der Waals surface area contributed by atoms with E-state index in [2.05, 4.69) is 27.4 Å². The van der Waals surface area contributed by atoms with E-state index in [4.69, 9.17) is 0 Å². The van der Waals surface area contributed by atoms with Gasteiger partial charge in [-0.25, -0.2) is 0 Å². The van der Waals surface area contributed by atoms with Gasteiger partial charge in [0.2, 0.25) is 5.91 Å². The topological polar surface area (TPSA) is 87.7 Å². The van der Waals surface area contributed by atoms with Gasteiger partial charge in [-0.2, -0.15) is 0 Å². The van der Waals surface area contributed by atoms with Crippen LogP contribution in [0.4, 0.5) is 0 Å². The number of carbonyl (C=O) groups is 1. The molecule has 1 unspecified atom stereocenters. The second-order valence-corrected chi connectivity index (χ2v) is 7.61. The minimum atomic E-state index is -0.416. The molecule has 1 aliphatic rings. The number of aromatic amines is 1. The molecular formula is C21H28N4O2. The Morgan fingerprint density at radius 2 is 1.89 bits per heavy atom. The minimum Gasteiger partial charge on any atom is -0.347 e. The highest BCUT2D eigenvalue weighted by Crippen LogP contribution is 2.30. The van der Waals surface area contributed by atoms with Crippen LogP contribution in [-0.2, 0) is 4.79 Å². The molecule has 1 aliphatic carbocycles. The Morgan fingerprint density at radius 1 is 1.19 bits per heavy atom. The summed E-state index contributed by atoms with van der Waals surface area (Å²) in [5.41, 5.74) is 0.766. The number of hydrogen-bond acceptors (Lipinski definition) is 4.